The van der Waals surface area contributed by atoms with E-state index in [9.17, 15) is 4.79 Å². The Balaban J connectivity index is 1.31. The largest absolute Gasteiger partial charge is 0.495 e. The van der Waals surface area contributed by atoms with Gasteiger partial charge in [0.1, 0.15) is 18.0 Å². The fraction of sp³-hybridized carbons (Fsp3) is 0.231. The molecule has 1 amide bonds. The van der Waals surface area contributed by atoms with Gasteiger partial charge in [0.25, 0.3) is 0 Å². The molecule has 35 heavy (non-hydrogen) atoms. The maximum absolute atomic E-state index is 13.3. The molecule has 9 heteroatoms. The highest BCUT2D eigenvalue weighted by Gasteiger charge is 2.24. The fourth-order valence-corrected chi connectivity index (χ4v) is 4.38. The van der Waals surface area contributed by atoms with E-state index < -0.39 is 0 Å². The van der Waals surface area contributed by atoms with Gasteiger partial charge >= 0.3 is 0 Å². The minimum absolute atomic E-state index is 0.0196. The third-order valence-corrected chi connectivity index (χ3v) is 6.36. The Hall–Kier alpha value is -3.91. The van der Waals surface area contributed by atoms with Crippen molar-refractivity contribution in [2.75, 3.05) is 38.2 Å². The van der Waals surface area contributed by atoms with Gasteiger partial charge in [0.15, 0.2) is 0 Å². The molecule has 1 saturated heterocycles. The Morgan fingerprint density at radius 2 is 1.63 bits per heavy atom. The van der Waals surface area contributed by atoms with Crippen molar-refractivity contribution >= 4 is 23.2 Å². The first-order valence-corrected chi connectivity index (χ1v) is 11.8. The Morgan fingerprint density at radius 1 is 0.914 bits per heavy atom. The number of carbonyl (C=O) groups is 1. The van der Waals surface area contributed by atoms with Crippen LogP contribution in [0, 0.1) is 0 Å². The molecule has 4 aromatic rings. The average Bonchev–Trinajstić information content (AvgIpc) is 3.34. The number of aromatic nitrogens is 4. The number of piperazine rings is 1. The summed E-state index contributed by atoms with van der Waals surface area (Å²) in [5.41, 5.74) is 4.04. The van der Waals surface area contributed by atoms with Gasteiger partial charge in [-0.05, 0) is 42.5 Å². The third kappa shape index (κ3) is 4.97. The molecule has 1 fully saturated rings. The molecule has 4 heterocycles. The highest BCUT2D eigenvalue weighted by Crippen LogP contribution is 2.30. The van der Waals surface area contributed by atoms with Crippen molar-refractivity contribution < 1.29 is 9.53 Å². The summed E-state index contributed by atoms with van der Waals surface area (Å²) in [6, 6.07) is 19.1. The lowest BCUT2D eigenvalue weighted by atomic mass is 10.2. The Labute approximate surface area is 208 Å². The predicted molar refractivity (Wildman–Crippen MR) is 135 cm³/mol. The van der Waals surface area contributed by atoms with Gasteiger partial charge in [-0.1, -0.05) is 23.7 Å². The van der Waals surface area contributed by atoms with Gasteiger partial charge in [-0.2, -0.15) is 5.10 Å². The smallest absolute Gasteiger partial charge is 0.244 e. The average molecular weight is 489 g/mol. The molecule has 0 atom stereocenters. The summed E-state index contributed by atoms with van der Waals surface area (Å²) in [6.07, 6.45) is 3.47. The number of halogens is 1. The van der Waals surface area contributed by atoms with E-state index in [-0.39, 0.29) is 12.5 Å². The number of nitrogens with zero attached hydrogens (tertiary/aromatic N) is 6. The molecule has 1 aromatic carbocycles. The third-order valence-electron chi connectivity index (χ3n) is 6.05. The lowest BCUT2D eigenvalue weighted by Crippen LogP contribution is -2.49. The van der Waals surface area contributed by atoms with Crippen LogP contribution < -0.4 is 9.64 Å². The highest BCUT2D eigenvalue weighted by molar-refractivity contribution is 6.32. The number of carbonyl (C=O) groups excluding carboxylic acids is 1. The summed E-state index contributed by atoms with van der Waals surface area (Å²) >= 11 is 6.16. The number of benzene rings is 1. The van der Waals surface area contributed by atoms with Crippen molar-refractivity contribution in [2.45, 2.75) is 6.54 Å². The summed E-state index contributed by atoms with van der Waals surface area (Å²) in [7, 11) is 1.61. The zero-order valence-corrected chi connectivity index (χ0v) is 20.1. The van der Waals surface area contributed by atoms with Crippen molar-refractivity contribution in [3.8, 4) is 28.5 Å². The summed E-state index contributed by atoms with van der Waals surface area (Å²) < 4.78 is 7.07. The van der Waals surface area contributed by atoms with Crippen LogP contribution in [0.5, 0.6) is 5.75 Å². The number of methoxy groups -OCH3 is 1. The van der Waals surface area contributed by atoms with Crippen LogP contribution >= 0.6 is 11.6 Å². The Kier molecular flexibility index (Phi) is 6.63. The van der Waals surface area contributed by atoms with Gasteiger partial charge in [-0.15, -0.1) is 0 Å². The van der Waals surface area contributed by atoms with Crippen LogP contribution in [0.15, 0.2) is 73.1 Å². The Bertz CT molecular complexity index is 1300. The SMILES string of the molecule is COc1cc(N2CCN(C(=O)Cn3nc(-c4ccccn4)cc3-c3ccccn3)CC2)ccc1Cl. The first-order valence-electron chi connectivity index (χ1n) is 11.4. The van der Waals surface area contributed by atoms with Crippen molar-refractivity contribution in [1.29, 1.82) is 0 Å². The van der Waals surface area contributed by atoms with E-state index >= 15 is 0 Å². The number of anilines is 1. The number of amides is 1. The minimum Gasteiger partial charge on any atom is -0.495 e. The number of ether oxygens (including phenoxy) is 1. The molecule has 0 spiro atoms. The Morgan fingerprint density at radius 3 is 2.29 bits per heavy atom. The molecule has 1 aliphatic rings. The van der Waals surface area contributed by atoms with Gasteiger partial charge in [0.05, 0.1) is 29.2 Å². The number of rotatable bonds is 6. The van der Waals surface area contributed by atoms with Gasteiger partial charge in [0.2, 0.25) is 5.91 Å². The summed E-state index contributed by atoms with van der Waals surface area (Å²) in [6.45, 7) is 2.82. The van der Waals surface area contributed by atoms with Gasteiger partial charge in [-0.3, -0.25) is 19.4 Å². The van der Waals surface area contributed by atoms with Crippen LogP contribution in [0.3, 0.4) is 0 Å². The molecule has 0 saturated carbocycles. The molecule has 0 radical (unpaired) electrons. The number of pyridine rings is 2. The first kappa shape index (κ1) is 22.9. The molecule has 0 bridgehead atoms. The first-order chi connectivity index (χ1) is 17.1. The van der Waals surface area contributed by atoms with Crippen molar-refractivity contribution in [3.63, 3.8) is 0 Å². The van der Waals surface area contributed by atoms with E-state index in [2.05, 4.69) is 14.9 Å². The van der Waals surface area contributed by atoms with Crippen LogP contribution in [-0.4, -0.2) is 63.8 Å². The summed E-state index contributed by atoms with van der Waals surface area (Å²) in [4.78, 5) is 26.2. The normalized spacial score (nSPS) is 13.7. The summed E-state index contributed by atoms with van der Waals surface area (Å²) in [5, 5.41) is 5.29. The van der Waals surface area contributed by atoms with E-state index in [4.69, 9.17) is 21.4 Å². The standard InChI is InChI=1S/C26H25ClN6O2/c1-35-25-16-19(8-9-20(25)27)31-12-14-32(15-13-31)26(34)18-33-24(22-7-3-5-11-29-22)17-23(30-33)21-6-2-4-10-28-21/h2-11,16-17H,12-15,18H2,1H3. The van der Waals surface area contributed by atoms with Crippen molar-refractivity contribution in [1.82, 2.24) is 24.6 Å². The highest BCUT2D eigenvalue weighted by atomic mass is 35.5. The van der Waals surface area contributed by atoms with Gasteiger partial charge < -0.3 is 14.5 Å². The van der Waals surface area contributed by atoms with Crippen molar-refractivity contribution in [3.05, 3.63) is 78.1 Å². The molecule has 5 rings (SSSR count). The maximum Gasteiger partial charge on any atom is 0.244 e. The zero-order chi connectivity index (χ0) is 24.2. The van der Waals surface area contributed by atoms with E-state index in [1.165, 1.54) is 0 Å². The lowest BCUT2D eigenvalue weighted by Gasteiger charge is -2.36. The minimum atomic E-state index is 0.0196. The molecule has 8 nitrogen and oxygen atoms in total. The van der Waals surface area contributed by atoms with E-state index in [1.54, 1.807) is 24.2 Å². The fourth-order valence-electron chi connectivity index (χ4n) is 4.18. The molecule has 0 N–H and O–H groups in total. The second-order valence-electron chi connectivity index (χ2n) is 8.19. The predicted octanol–water partition coefficient (Wildman–Crippen LogP) is 4.02. The second kappa shape index (κ2) is 10.1. The van der Waals surface area contributed by atoms with E-state index in [1.807, 2.05) is 65.6 Å². The van der Waals surface area contributed by atoms with Crippen LogP contribution in [0.2, 0.25) is 5.02 Å². The molecule has 1 aliphatic heterocycles. The lowest BCUT2D eigenvalue weighted by molar-refractivity contribution is -0.132. The van der Waals surface area contributed by atoms with Crippen LogP contribution in [0.4, 0.5) is 5.69 Å². The van der Waals surface area contributed by atoms with Gasteiger partial charge in [0, 0.05) is 50.3 Å². The zero-order valence-electron chi connectivity index (χ0n) is 19.3. The molecule has 0 unspecified atom stereocenters. The topological polar surface area (TPSA) is 76.4 Å². The van der Waals surface area contributed by atoms with E-state index in [0.717, 1.165) is 35.9 Å². The second-order valence-corrected chi connectivity index (χ2v) is 8.60. The van der Waals surface area contributed by atoms with Gasteiger partial charge in [-0.25, -0.2) is 0 Å². The maximum atomic E-state index is 13.3. The molecule has 0 aliphatic carbocycles. The van der Waals surface area contributed by atoms with Crippen LogP contribution in [0.25, 0.3) is 22.8 Å². The van der Waals surface area contributed by atoms with Crippen molar-refractivity contribution in [2.24, 2.45) is 0 Å². The molecule has 3 aromatic heterocycles. The number of hydrogen-bond donors (Lipinski definition) is 0. The molecular formula is C26H25ClN6O2. The van der Waals surface area contributed by atoms with Crippen LogP contribution in [0.1, 0.15) is 0 Å². The van der Waals surface area contributed by atoms with Crippen LogP contribution in [-0.2, 0) is 11.3 Å². The van der Waals surface area contributed by atoms with E-state index in [0.29, 0.717) is 29.6 Å². The number of hydrogen-bond acceptors (Lipinski definition) is 6. The molecular weight excluding hydrogens is 464 g/mol. The monoisotopic (exact) mass is 488 g/mol. The summed E-state index contributed by atoms with van der Waals surface area (Å²) in [5.74, 6) is 0.665. The molecule has 178 valence electrons. The quantitative estimate of drug-likeness (QED) is 0.408.